The first kappa shape index (κ1) is 19.4. The third kappa shape index (κ3) is 4.79. The Morgan fingerprint density at radius 1 is 1.40 bits per heavy atom. The second-order valence-electron chi connectivity index (χ2n) is 5.96. The molecule has 7 nitrogen and oxygen atoms in total. The van der Waals surface area contributed by atoms with E-state index in [2.05, 4.69) is 10.6 Å². The van der Waals surface area contributed by atoms with E-state index in [9.17, 15) is 14.4 Å². The molecule has 136 valence electrons. The highest BCUT2D eigenvalue weighted by Crippen LogP contribution is 2.27. The van der Waals surface area contributed by atoms with Gasteiger partial charge in [0.05, 0.1) is 17.9 Å². The van der Waals surface area contributed by atoms with Crippen molar-refractivity contribution in [3.8, 4) is 5.75 Å². The van der Waals surface area contributed by atoms with Gasteiger partial charge in [-0.1, -0.05) is 11.6 Å². The number of rotatable bonds is 7. The molecule has 25 heavy (non-hydrogen) atoms. The van der Waals surface area contributed by atoms with Crippen LogP contribution in [0.15, 0.2) is 18.2 Å². The van der Waals surface area contributed by atoms with Crippen molar-refractivity contribution in [3.05, 3.63) is 23.2 Å². The van der Waals surface area contributed by atoms with Crippen molar-refractivity contribution in [1.29, 1.82) is 0 Å². The average molecular weight is 386 g/mol. The smallest absolute Gasteiger partial charge is 0.325 e. The molecule has 0 aromatic heterocycles. The lowest BCUT2D eigenvalue weighted by Crippen LogP contribution is -2.40. The number of nitrogens with zero attached hydrogens (tertiary/aromatic N) is 1. The zero-order valence-corrected chi connectivity index (χ0v) is 15.8. The maximum Gasteiger partial charge on any atom is 0.325 e. The highest BCUT2D eigenvalue weighted by atomic mass is 35.5. The zero-order chi connectivity index (χ0) is 18.6. The highest BCUT2D eigenvalue weighted by Gasteiger charge is 2.43. The minimum atomic E-state index is -0.868. The summed E-state index contributed by atoms with van der Waals surface area (Å²) < 4.78 is 5.05. The summed E-state index contributed by atoms with van der Waals surface area (Å²) >= 11 is 7.35. The van der Waals surface area contributed by atoms with E-state index < -0.39 is 11.6 Å². The lowest BCUT2D eigenvalue weighted by Gasteiger charge is -2.15. The molecule has 1 aromatic carbocycles. The van der Waals surface area contributed by atoms with E-state index in [1.807, 2.05) is 0 Å². The number of methoxy groups -OCH3 is 1. The third-order valence-electron chi connectivity index (χ3n) is 3.57. The van der Waals surface area contributed by atoms with Crippen LogP contribution in [0.3, 0.4) is 0 Å². The van der Waals surface area contributed by atoms with Gasteiger partial charge < -0.3 is 15.4 Å². The van der Waals surface area contributed by atoms with E-state index in [1.54, 1.807) is 32.0 Å². The van der Waals surface area contributed by atoms with Crippen LogP contribution in [0.2, 0.25) is 5.02 Å². The Morgan fingerprint density at radius 2 is 2.12 bits per heavy atom. The summed E-state index contributed by atoms with van der Waals surface area (Å²) in [5.74, 6) is 0.771. The lowest BCUT2D eigenvalue weighted by atomic mass is 10.1. The molecule has 4 amide bonds. The molecule has 0 spiro atoms. The van der Waals surface area contributed by atoms with Gasteiger partial charge in [-0.2, -0.15) is 11.8 Å². The van der Waals surface area contributed by atoms with Crippen LogP contribution in [-0.2, 0) is 9.59 Å². The van der Waals surface area contributed by atoms with Crippen molar-refractivity contribution in [2.75, 3.05) is 30.5 Å². The largest absolute Gasteiger partial charge is 0.495 e. The number of halogens is 1. The first-order valence-electron chi connectivity index (χ1n) is 7.60. The van der Waals surface area contributed by atoms with Crippen molar-refractivity contribution in [2.24, 2.45) is 0 Å². The summed E-state index contributed by atoms with van der Waals surface area (Å²) in [6.45, 7) is 3.59. The van der Waals surface area contributed by atoms with Gasteiger partial charge in [-0.05, 0) is 32.0 Å². The normalized spacial score (nSPS) is 15.9. The van der Waals surface area contributed by atoms with Crippen LogP contribution in [-0.4, -0.2) is 53.4 Å². The van der Waals surface area contributed by atoms with Gasteiger partial charge in [0.15, 0.2) is 0 Å². The molecule has 0 unspecified atom stereocenters. The second-order valence-corrected chi connectivity index (χ2v) is 7.47. The van der Waals surface area contributed by atoms with Gasteiger partial charge in [-0.15, -0.1) is 0 Å². The number of hydrogen-bond acceptors (Lipinski definition) is 5. The third-order valence-corrected chi connectivity index (χ3v) is 4.81. The molecule has 0 saturated carbocycles. The molecule has 9 heteroatoms. The maximum absolute atomic E-state index is 12.0. The number of benzene rings is 1. The standard InChI is InChI=1S/C16H20ClN3O4S/c1-16(2)14(22)20(15(23)19-16)6-7-25-9-13(21)18-10-4-5-12(24-3)11(17)8-10/h4-5,8H,6-7,9H2,1-3H3,(H,18,21)(H,19,23). The van der Waals surface area contributed by atoms with Crippen molar-refractivity contribution >= 4 is 46.9 Å². The fourth-order valence-corrected chi connectivity index (χ4v) is 3.25. The quantitative estimate of drug-likeness (QED) is 0.555. The fourth-order valence-electron chi connectivity index (χ4n) is 2.28. The number of urea groups is 1. The average Bonchev–Trinajstić information content (AvgIpc) is 2.72. The van der Waals surface area contributed by atoms with Crippen LogP contribution in [0.25, 0.3) is 0 Å². The first-order chi connectivity index (χ1) is 11.7. The van der Waals surface area contributed by atoms with E-state index >= 15 is 0 Å². The minimum absolute atomic E-state index is 0.191. The fraction of sp³-hybridized carbons (Fsp3) is 0.438. The molecular formula is C16H20ClN3O4S. The summed E-state index contributed by atoms with van der Waals surface area (Å²) in [5, 5.41) is 5.76. The van der Waals surface area contributed by atoms with Crippen LogP contribution in [0, 0.1) is 0 Å². The molecule has 2 rings (SSSR count). The predicted molar refractivity (Wildman–Crippen MR) is 98.3 cm³/mol. The van der Waals surface area contributed by atoms with Gasteiger partial charge in [0.25, 0.3) is 5.91 Å². The molecule has 0 atom stereocenters. The van der Waals surface area contributed by atoms with Crippen LogP contribution in [0.1, 0.15) is 13.8 Å². The number of imide groups is 1. The van der Waals surface area contributed by atoms with Gasteiger partial charge in [-0.25, -0.2) is 4.79 Å². The van der Waals surface area contributed by atoms with E-state index in [-0.39, 0.29) is 24.1 Å². The van der Waals surface area contributed by atoms with Gasteiger partial charge >= 0.3 is 6.03 Å². The van der Waals surface area contributed by atoms with Gasteiger partial charge in [-0.3, -0.25) is 14.5 Å². The second kappa shape index (κ2) is 7.97. The Morgan fingerprint density at radius 3 is 2.68 bits per heavy atom. The highest BCUT2D eigenvalue weighted by molar-refractivity contribution is 7.99. The van der Waals surface area contributed by atoms with Crippen LogP contribution >= 0.6 is 23.4 Å². The monoisotopic (exact) mass is 385 g/mol. The molecule has 0 bridgehead atoms. The van der Waals surface area contributed by atoms with Crippen LogP contribution in [0.5, 0.6) is 5.75 Å². The van der Waals surface area contributed by atoms with Crippen LogP contribution in [0.4, 0.5) is 10.5 Å². The molecule has 0 aliphatic carbocycles. The molecule has 0 radical (unpaired) electrons. The van der Waals surface area contributed by atoms with E-state index in [0.717, 1.165) is 0 Å². The molecule has 1 fully saturated rings. The Balaban J connectivity index is 1.75. The van der Waals surface area contributed by atoms with Crippen molar-refractivity contribution in [2.45, 2.75) is 19.4 Å². The number of ether oxygens (including phenoxy) is 1. The molecule has 1 saturated heterocycles. The summed E-state index contributed by atoms with van der Waals surface area (Å²) in [4.78, 5) is 36.9. The summed E-state index contributed by atoms with van der Waals surface area (Å²) in [6.07, 6.45) is 0. The number of hydrogen-bond donors (Lipinski definition) is 2. The number of amides is 4. The molecule has 2 N–H and O–H groups in total. The van der Waals surface area contributed by atoms with Crippen molar-refractivity contribution in [3.63, 3.8) is 0 Å². The molecule has 1 heterocycles. The Kier molecular flexibility index (Phi) is 6.18. The van der Waals surface area contributed by atoms with E-state index in [1.165, 1.54) is 23.8 Å². The number of carbonyl (C=O) groups is 3. The first-order valence-corrected chi connectivity index (χ1v) is 9.13. The van der Waals surface area contributed by atoms with Crippen molar-refractivity contribution < 1.29 is 19.1 Å². The van der Waals surface area contributed by atoms with Gasteiger partial charge in [0.2, 0.25) is 5.91 Å². The molecule has 1 aliphatic heterocycles. The minimum Gasteiger partial charge on any atom is -0.495 e. The van der Waals surface area contributed by atoms with E-state index in [0.29, 0.717) is 22.2 Å². The Labute approximate surface area is 155 Å². The predicted octanol–water partition coefficient (Wildman–Crippen LogP) is 2.35. The van der Waals surface area contributed by atoms with Crippen molar-refractivity contribution in [1.82, 2.24) is 10.2 Å². The number of carbonyl (C=O) groups excluding carboxylic acids is 3. The van der Waals surface area contributed by atoms with E-state index in [4.69, 9.17) is 16.3 Å². The van der Waals surface area contributed by atoms with Crippen LogP contribution < -0.4 is 15.4 Å². The molecular weight excluding hydrogens is 366 g/mol. The van der Waals surface area contributed by atoms with Gasteiger partial charge in [0, 0.05) is 18.0 Å². The number of anilines is 1. The number of thioether (sulfide) groups is 1. The zero-order valence-electron chi connectivity index (χ0n) is 14.2. The SMILES string of the molecule is COc1ccc(NC(=O)CSCCN2C(=O)NC(C)(C)C2=O)cc1Cl. The lowest BCUT2D eigenvalue weighted by molar-refractivity contribution is -0.130. The Hall–Kier alpha value is -1.93. The number of nitrogens with one attached hydrogen (secondary N) is 2. The summed E-state index contributed by atoms with van der Waals surface area (Å²) in [7, 11) is 1.52. The van der Waals surface area contributed by atoms with Gasteiger partial charge in [0.1, 0.15) is 11.3 Å². The maximum atomic E-state index is 12.0. The molecule has 1 aromatic rings. The summed E-state index contributed by atoms with van der Waals surface area (Å²) in [5.41, 5.74) is -0.292. The summed E-state index contributed by atoms with van der Waals surface area (Å²) in [6, 6.07) is 4.58. The molecule has 1 aliphatic rings. The Bertz CT molecular complexity index is 696. The topological polar surface area (TPSA) is 87.7 Å².